The number of carbonyl (C=O) groups excluding carboxylic acids is 1. The van der Waals surface area contributed by atoms with Crippen molar-refractivity contribution in [3.8, 4) is 22.6 Å². The number of hydrogen-bond acceptors (Lipinski definition) is 4. The molecule has 5 nitrogen and oxygen atoms in total. The second kappa shape index (κ2) is 9.38. The zero-order valence-corrected chi connectivity index (χ0v) is 19.0. The van der Waals surface area contributed by atoms with Gasteiger partial charge in [0.25, 0.3) is 0 Å². The van der Waals surface area contributed by atoms with Crippen molar-refractivity contribution in [2.24, 2.45) is 0 Å². The van der Waals surface area contributed by atoms with Crippen molar-refractivity contribution in [3.05, 3.63) is 83.3 Å². The molecular weight excluding hydrogens is 445 g/mol. The number of halogens is 2. The standard InChI is InChI=1S/C26H21ClFNO4/c1-15(10-26(30)29-22-11-17(27)6-9-23(22)31-2)19-12-20-21(16-4-7-18(28)8-5-16)14-33-25(20)13-24(19)32-3/h4-14H,1-3H3,(H,29,30)/b15-10+. The van der Waals surface area contributed by atoms with Crippen LogP contribution in [-0.4, -0.2) is 20.1 Å². The van der Waals surface area contributed by atoms with Crippen LogP contribution in [0.4, 0.5) is 10.1 Å². The van der Waals surface area contributed by atoms with E-state index in [1.807, 2.05) is 13.0 Å². The number of hydrogen-bond donors (Lipinski definition) is 1. The highest BCUT2D eigenvalue weighted by molar-refractivity contribution is 6.31. The summed E-state index contributed by atoms with van der Waals surface area (Å²) in [4.78, 5) is 12.7. The van der Waals surface area contributed by atoms with E-state index < -0.39 is 0 Å². The molecule has 0 fully saturated rings. The van der Waals surface area contributed by atoms with Crippen LogP contribution in [0.25, 0.3) is 27.7 Å². The molecule has 0 unspecified atom stereocenters. The summed E-state index contributed by atoms with van der Waals surface area (Å²) >= 11 is 6.05. The summed E-state index contributed by atoms with van der Waals surface area (Å²) in [7, 11) is 3.07. The first-order chi connectivity index (χ1) is 15.9. The molecule has 7 heteroatoms. The summed E-state index contributed by atoms with van der Waals surface area (Å²) < 4.78 is 29.9. The predicted molar refractivity (Wildman–Crippen MR) is 128 cm³/mol. The minimum Gasteiger partial charge on any atom is -0.496 e. The molecule has 0 radical (unpaired) electrons. The van der Waals surface area contributed by atoms with E-state index in [0.29, 0.717) is 33.4 Å². The van der Waals surface area contributed by atoms with Crippen molar-refractivity contribution in [2.45, 2.75) is 6.92 Å². The third kappa shape index (κ3) is 4.71. The van der Waals surface area contributed by atoms with E-state index in [-0.39, 0.29) is 11.7 Å². The molecule has 1 N–H and O–H groups in total. The number of fused-ring (bicyclic) bond motifs is 1. The molecule has 3 aromatic carbocycles. The van der Waals surface area contributed by atoms with Gasteiger partial charge in [-0.15, -0.1) is 0 Å². The van der Waals surface area contributed by atoms with Crippen LogP contribution in [0.1, 0.15) is 12.5 Å². The molecule has 0 aliphatic carbocycles. The number of rotatable bonds is 6. The van der Waals surface area contributed by atoms with Crippen LogP contribution in [0.3, 0.4) is 0 Å². The van der Waals surface area contributed by atoms with Gasteiger partial charge in [-0.1, -0.05) is 23.7 Å². The van der Waals surface area contributed by atoms with Gasteiger partial charge in [0.05, 0.1) is 26.2 Å². The second-order valence-electron chi connectivity index (χ2n) is 7.37. The molecule has 168 valence electrons. The van der Waals surface area contributed by atoms with E-state index in [4.69, 9.17) is 25.5 Å². The van der Waals surface area contributed by atoms with E-state index >= 15 is 0 Å². The van der Waals surface area contributed by atoms with Gasteiger partial charge < -0.3 is 19.2 Å². The largest absolute Gasteiger partial charge is 0.496 e. The van der Waals surface area contributed by atoms with Gasteiger partial charge in [0.2, 0.25) is 5.91 Å². The quantitative estimate of drug-likeness (QED) is 0.313. The Morgan fingerprint density at radius 2 is 1.76 bits per heavy atom. The van der Waals surface area contributed by atoms with Crippen LogP contribution in [0.15, 0.2) is 71.4 Å². The number of allylic oxidation sites excluding steroid dienone is 1. The van der Waals surface area contributed by atoms with E-state index in [0.717, 1.165) is 22.1 Å². The summed E-state index contributed by atoms with van der Waals surface area (Å²) in [6.07, 6.45) is 3.10. The van der Waals surface area contributed by atoms with Crippen molar-refractivity contribution < 1.29 is 23.1 Å². The first-order valence-electron chi connectivity index (χ1n) is 10.1. The normalized spacial score (nSPS) is 11.5. The lowest BCUT2D eigenvalue weighted by atomic mass is 9.99. The maximum absolute atomic E-state index is 13.4. The highest BCUT2D eigenvalue weighted by atomic mass is 35.5. The van der Waals surface area contributed by atoms with Crippen molar-refractivity contribution in [1.29, 1.82) is 0 Å². The monoisotopic (exact) mass is 465 g/mol. The Bertz CT molecular complexity index is 1360. The van der Waals surface area contributed by atoms with Gasteiger partial charge in [-0.25, -0.2) is 4.39 Å². The van der Waals surface area contributed by atoms with Crippen molar-refractivity contribution in [2.75, 3.05) is 19.5 Å². The summed E-state index contributed by atoms with van der Waals surface area (Å²) in [6, 6.07) is 14.8. The number of anilines is 1. The Kier molecular flexibility index (Phi) is 6.38. The minimum absolute atomic E-state index is 0.310. The van der Waals surface area contributed by atoms with Gasteiger partial charge in [0.1, 0.15) is 22.9 Å². The number of furan rings is 1. The molecule has 0 atom stereocenters. The van der Waals surface area contributed by atoms with E-state index in [1.54, 1.807) is 49.8 Å². The summed E-state index contributed by atoms with van der Waals surface area (Å²) in [5.41, 5.74) is 4.13. The van der Waals surface area contributed by atoms with Crippen LogP contribution in [0, 0.1) is 5.82 Å². The van der Waals surface area contributed by atoms with Crippen LogP contribution < -0.4 is 14.8 Å². The molecule has 0 saturated heterocycles. The fraction of sp³-hybridized carbons (Fsp3) is 0.115. The van der Waals surface area contributed by atoms with Crippen molar-refractivity contribution in [3.63, 3.8) is 0 Å². The third-order valence-electron chi connectivity index (χ3n) is 5.24. The Labute approximate surface area is 195 Å². The van der Waals surface area contributed by atoms with Crippen LogP contribution >= 0.6 is 11.6 Å². The number of amides is 1. The van der Waals surface area contributed by atoms with Crippen molar-refractivity contribution in [1.82, 2.24) is 0 Å². The zero-order valence-electron chi connectivity index (χ0n) is 18.2. The number of ether oxygens (including phenoxy) is 2. The molecule has 1 aromatic heterocycles. The lowest BCUT2D eigenvalue weighted by Gasteiger charge is -2.11. The summed E-state index contributed by atoms with van der Waals surface area (Å²) in [6.45, 7) is 1.82. The highest BCUT2D eigenvalue weighted by Gasteiger charge is 2.15. The van der Waals surface area contributed by atoms with E-state index in [2.05, 4.69) is 5.32 Å². The Balaban J connectivity index is 1.71. The fourth-order valence-corrected chi connectivity index (χ4v) is 3.78. The Hall–Kier alpha value is -3.77. The smallest absolute Gasteiger partial charge is 0.248 e. The second-order valence-corrected chi connectivity index (χ2v) is 7.80. The summed E-state index contributed by atoms with van der Waals surface area (Å²) in [5.74, 6) is 0.403. The molecule has 1 amide bonds. The minimum atomic E-state index is -0.346. The van der Waals surface area contributed by atoms with Crippen LogP contribution in [-0.2, 0) is 4.79 Å². The fourth-order valence-electron chi connectivity index (χ4n) is 3.61. The van der Waals surface area contributed by atoms with Gasteiger partial charge in [-0.2, -0.15) is 0 Å². The molecule has 0 bridgehead atoms. The molecule has 4 rings (SSSR count). The van der Waals surface area contributed by atoms with E-state index in [9.17, 15) is 9.18 Å². The maximum Gasteiger partial charge on any atom is 0.248 e. The average molecular weight is 466 g/mol. The van der Waals surface area contributed by atoms with Crippen molar-refractivity contribution >= 4 is 39.7 Å². The molecule has 0 aliphatic rings. The Morgan fingerprint density at radius 3 is 2.45 bits per heavy atom. The third-order valence-corrected chi connectivity index (χ3v) is 5.48. The number of benzene rings is 3. The van der Waals surface area contributed by atoms with Gasteiger partial charge in [0, 0.05) is 33.7 Å². The number of carbonyl (C=O) groups is 1. The predicted octanol–water partition coefficient (Wildman–Crippen LogP) is 6.95. The van der Waals surface area contributed by atoms with Crippen LogP contribution in [0.5, 0.6) is 11.5 Å². The molecule has 33 heavy (non-hydrogen) atoms. The average Bonchev–Trinajstić information content (AvgIpc) is 3.21. The first kappa shape index (κ1) is 22.4. The van der Waals surface area contributed by atoms with Gasteiger partial charge in [-0.05, 0) is 54.5 Å². The van der Waals surface area contributed by atoms with Gasteiger partial charge in [-0.3, -0.25) is 4.79 Å². The topological polar surface area (TPSA) is 60.7 Å². The molecule has 0 spiro atoms. The summed E-state index contributed by atoms with van der Waals surface area (Å²) in [5, 5.41) is 4.10. The van der Waals surface area contributed by atoms with Gasteiger partial charge in [0.15, 0.2) is 0 Å². The molecule has 4 aromatic rings. The lowest BCUT2D eigenvalue weighted by molar-refractivity contribution is -0.111. The van der Waals surface area contributed by atoms with Crippen LogP contribution in [0.2, 0.25) is 5.02 Å². The molecule has 1 heterocycles. The SMILES string of the molecule is COc1ccc(Cl)cc1NC(=O)/C=C(\C)c1cc2c(-c3ccc(F)cc3)coc2cc1OC. The first-order valence-corrected chi connectivity index (χ1v) is 10.5. The highest BCUT2D eigenvalue weighted by Crippen LogP contribution is 2.37. The molecule has 0 aliphatic heterocycles. The number of methoxy groups -OCH3 is 2. The van der Waals surface area contributed by atoms with E-state index in [1.165, 1.54) is 25.3 Å². The number of nitrogens with one attached hydrogen (secondary N) is 1. The lowest BCUT2D eigenvalue weighted by Crippen LogP contribution is -2.09. The zero-order chi connectivity index (χ0) is 23.5. The van der Waals surface area contributed by atoms with Gasteiger partial charge >= 0.3 is 0 Å². The maximum atomic E-state index is 13.4. The Morgan fingerprint density at radius 1 is 1.03 bits per heavy atom. The molecule has 0 saturated carbocycles. The molecular formula is C26H21ClFNO4.